The van der Waals surface area contributed by atoms with Gasteiger partial charge >= 0.3 is 6.03 Å². The van der Waals surface area contributed by atoms with Crippen LogP contribution in [-0.4, -0.2) is 43.7 Å². The summed E-state index contributed by atoms with van der Waals surface area (Å²) in [5.74, 6) is 0.809. The molecule has 20 heavy (non-hydrogen) atoms. The number of nitrogens with one attached hydrogen (secondary N) is 2. The smallest absolute Gasteiger partial charge is 0.317 e. The van der Waals surface area contributed by atoms with E-state index in [1.807, 2.05) is 11.9 Å². The number of hydrogen-bond acceptors (Lipinski definition) is 2. The number of rotatable bonds is 5. The van der Waals surface area contributed by atoms with E-state index in [0.29, 0.717) is 0 Å². The lowest BCUT2D eigenvalue weighted by Gasteiger charge is -2.31. The Morgan fingerprint density at radius 2 is 1.75 bits per heavy atom. The molecule has 1 saturated carbocycles. The molecule has 1 aliphatic heterocycles. The van der Waals surface area contributed by atoms with E-state index in [1.165, 1.54) is 38.5 Å². The van der Waals surface area contributed by atoms with Gasteiger partial charge in [0.2, 0.25) is 0 Å². The molecule has 0 spiro atoms. The predicted molar refractivity (Wildman–Crippen MR) is 82.9 cm³/mol. The van der Waals surface area contributed by atoms with E-state index < -0.39 is 0 Å². The predicted octanol–water partition coefficient (Wildman–Crippen LogP) is 2.74. The van der Waals surface area contributed by atoms with Gasteiger partial charge < -0.3 is 15.5 Å². The fourth-order valence-corrected chi connectivity index (χ4v) is 3.63. The van der Waals surface area contributed by atoms with Crippen molar-refractivity contribution in [2.75, 3.05) is 26.7 Å². The zero-order valence-corrected chi connectivity index (χ0v) is 13.0. The molecule has 2 rings (SSSR count). The van der Waals surface area contributed by atoms with E-state index in [0.717, 1.165) is 44.8 Å². The molecule has 1 atom stereocenters. The molecule has 0 unspecified atom stereocenters. The Morgan fingerprint density at radius 3 is 2.40 bits per heavy atom. The summed E-state index contributed by atoms with van der Waals surface area (Å²) >= 11 is 0. The van der Waals surface area contributed by atoms with Crippen LogP contribution >= 0.6 is 0 Å². The van der Waals surface area contributed by atoms with Gasteiger partial charge in [-0.15, -0.1) is 0 Å². The molecule has 2 aliphatic rings. The first-order valence-electron chi connectivity index (χ1n) is 8.49. The topological polar surface area (TPSA) is 44.4 Å². The van der Waals surface area contributed by atoms with Crippen molar-refractivity contribution in [2.45, 2.75) is 63.8 Å². The third-order valence-electron chi connectivity index (χ3n) is 4.76. The van der Waals surface area contributed by atoms with E-state index in [-0.39, 0.29) is 12.1 Å². The number of hydrogen-bond donors (Lipinski definition) is 2. The van der Waals surface area contributed by atoms with Crippen molar-refractivity contribution >= 4 is 6.03 Å². The number of carbonyl (C=O) groups is 1. The van der Waals surface area contributed by atoms with Crippen LogP contribution in [0.3, 0.4) is 0 Å². The second kappa shape index (κ2) is 8.50. The highest BCUT2D eigenvalue weighted by molar-refractivity contribution is 5.74. The van der Waals surface area contributed by atoms with E-state index in [4.69, 9.17) is 0 Å². The molecule has 4 nitrogen and oxygen atoms in total. The molecule has 0 bridgehead atoms. The molecule has 2 amide bonds. The van der Waals surface area contributed by atoms with Crippen LogP contribution in [0, 0.1) is 5.92 Å². The summed E-state index contributed by atoms with van der Waals surface area (Å²) in [5, 5.41) is 6.49. The highest BCUT2D eigenvalue weighted by Crippen LogP contribution is 2.27. The Labute approximate surface area is 123 Å². The van der Waals surface area contributed by atoms with Gasteiger partial charge in [0.15, 0.2) is 0 Å². The minimum atomic E-state index is 0.153. The molecule has 0 aromatic carbocycles. The first-order chi connectivity index (χ1) is 9.79. The van der Waals surface area contributed by atoms with Gasteiger partial charge in [-0.2, -0.15) is 0 Å². The van der Waals surface area contributed by atoms with Crippen LogP contribution in [0.25, 0.3) is 0 Å². The van der Waals surface area contributed by atoms with Gasteiger partial charge in [0, 0.05) is 25.7 Å². The standard InChI is InChI=1S/C16H31N3O/c1-17-13-15(12-14-8-4-2-5-9-14)18-16(20)19-10-6-3-7-11-19/h14-15,17H,2-13H2,1H3,(H,18,20)/t15-/m0/s1. The fraction of sp³-hybridized carbons (Fsp3) is 0.938. The molecular formula is C16H31N3O. The van der Waals surface area contributed by atoms with Gasteiger partial charge in [0.1, 0.15) is 0 Å². The maximum absolute atomic E-state index is 12.3. The quantitative estimate of drug-likeness (QED) is 0.814. The van der Waals surface area contributed by atoms with Crippen LogP contribution in [0.1, 0.15) is 57.8 Å². The van der Waals surface area contributed by atoms with Crippen LogP contribution in [0.15, 0.2) is 0 Å². The van der Waals surface area contributed by atoms with Crippen molar-refractivity contribution in [2.24, 2.45) is 5.92 Å². The van der Waals surface area contributed by atoms with Crippen molar-refractivity contribution in [3.63, 3.8) is 0 Å². The Hall–Kier alpha value is -0.770. The number of urea groups is 1. The summed E-state index contributed by atoms with van der Waals surface area (Å²) in [4.78, 5) is 14.3. The highest BCUT2D eigenvalue weighted by atomic mass is 16.2. The number of piperidine rings is 1. The molecule has 2 N–H and O–H groups in total. The summed E-state index contributed by atoms with van der Waals surface area (Å²) in [6, 6.07) is 0.443. The van der Waals surface area contributed by atoms with Crippen LogP contribution < -0.4 is 10.6 Å². The number of amides is 2. The molecular weight excluding hydrogens is 250 g/mol. The van der Waals surface area contributed by atoms with Gasteiger partial charge in [0.05, 0.1) is 0 Å². The number of likely N-dealkylation sites (N-methyl/N-ethyl adjacent to an activating group) is 1. The van der Waals surface area contributed by atoms with Gasteiger partial charge in [-0.3, -0.25) is 0 Å². The maximum Gasteiger partial charge on any atom is 0.317 e. The van der Waals surface area contributed by atoms with Crippen LogP contribution in [-0.2, 0) is 0 Å². The van der Waals surface area contributed by atoms with E-state index in [1.54, 1.807) is 0 Å². The first kappa shape index (κ1) is 15.6. The monoisotopic (exact) mass is 281 g/mol. The Kier molecular flexibility index (Phi) is 6.64. The van der Waals surface area contributed by atoms with Crippen molar-refractivity contribution in [3.8, 4) is 0 Å². The third-order valence-corrected chi connectivity index (χ3v) is 4.76. The van der Waals surface area contributed by atoms with Crippen LogP contribution in [0.5, 0.6) is 0 Å². The van der Waals surface area contributed by atoms with E-state index in [9.17, 15) is 4.79 Å². The highest BCUT2D eigenvalue weighted by Gasteiger charge is 2.23. The molecule has 1 saturated heterocycles. The molecule has 4 heteroatoms. The minimum Gasteiger partial charge on any atom is -0.334 e. The summed E-state index contributed by atoms with van der Waals surface area (Å²) in [6.07, 6.45) is 11.6. The minimum absolute atomic E-state index is 0.153. The fourth-order valence-electron chi connectivity index (χ4n) is 3.63. The molecule has 1 aliphatic carbocycles. The van der Waals surface area contributed by atoms with Crippen LogP contribution in [0.2, 0.25) is 0 Å². The average Bonchev–Trinajstić information content (AvgIpc) is 2.49. The molecule has 0 radical (unpaired) electrons. The lowest BCUT2D eigenvalue weighted by molar-refractivity contribution is 0.178. The number of nitrogens with zero attached hydrogens (tertiary/aromatic N) is 1. The summed E-state index contributed by atoms with van der Waals surface area (Å²) in [7, 11) is 1.97. The van der Waals surface area contributed by atoms with E-state index >= 15 is 0 Å². The van der Waals surface area contributed by atoms with E-state index in [2.05, 4.69) is 10.6 Å². The lowest BCUT2D eigenvalue weighted by atomic mass is 9.85. The van der Waals surface area contributed by atoms with Crippen molar-refractivity contribution in [1.29, 1.82) is 0 Å². The van der Waals surface area contributed by atoms with Crippen molar-refractivity contribution in [3.05, 3.63) is 0 Å². The molecule has 0 aromatic heterocycles. The van der Waals surface area contributed by atoms with Crippen molar-refractivity contribution in [1.82, 2.24) is 15.5 Å². The number of carbonyl (C=O) groups excluding carboxylic acids is 1. The van der Waals surface area contributed by atoms with Crippen molar-refractivity contribution < 1.29 is 4.79 Å². The van der Waals surface area contributed by atoms with Crippen LogP contribution in [0.4, 0.5) is 4.79 Å². The van der Waals surface area contributed by atoms with Gasteiger partial charge in [0.25, 0.3) is 0 Å². The zero-order valence-electron chi connectivity index (χ0n) is 13.0. The second-order valence-electron chi connectivity index (χ2n) is 6.49. The maximum atomic E-state index is 12.3. The van der Waals surface area contributed by atoms with Gasteiger partial charge in [-0.25, -0.2) is 4.79 Å². The molecule has 1 heterocycles. The molecule has 0 aromatic rings. The number of likely N-dealkylation sites (tertiary alicyclic amines) is 1. The Morgan fingerprint density at radius 1 is 1.10 bits per heavy atom. The SMILES string of the molecule is CNC[C@H](CC1CCCCC1)NC(=O)N1CCCCC1. The van der Waals surface area contributed by atoms with Gasteiger partial charge in [-0.1, -0.05) is 32.1 Å². The Bertz CT molecular complexity index is 283. The average molecular weight is 281 g/mol. The Balaban J connectivity index is 1.79. The van der Waals surface area contributed by atoms with Gasteiger partial charge in [-0.05, 0) is 38.6 Å². The lowest BCUT2D eigenvalue weighted by Crippen LogP contribution is -2.50. The first-order valence-corrected chi connectivity index (χ1v) is 8.49. The summed E-state index contributed by atoms with van der Waals surface area (Å²) < 4.78 is 0. The molecule has 116 valence electrons. The largest absolute Gasteiger partial charge is 0.334 e. The second-order valence-corrected chi connectivity index (χ2v) is 6.49. The summed E-state index contributed by atoms with van der Waals surface area (Å²) in [6.45, 7) is 2.75. The zero-order chi connectivity index (χ0) is 14.2. The normalized spacial score (nSPS) is 22.6. The summed E-state index contributed by atoms with van der Waals surface area (Å²) in [5.41, 5.74) is 0. The third kappa shape index (κ3) is 4.97. The molecule has 2 fully saturated rings.